The number of aromatic hydroxyl groups is 1. The SMILES string of the molecule is CCN(C[C@H](O)c1ccc(O)c(NC=O)c1)[C@H](C)Cc1ccc(OC)cc1. The van der Waals surface area contributed by atoms with Crippen LogP contribution in [0.1, 0.15) is 31.1 Å². The molecule has 146 valence electrons. The molecule has 6 nitrogen and oxygen atoms in total. The lowest BCUT2D eigenvalue weighted by Gasteiger charge is -2.30. The van der Waals surface area contributed by atoms with Crippen molar-refractivity contribution in [2.45, 2.75) is 32.4 Å². The zero-order chi connectivity index (χ0) is 19.8. The Balaban J connectivity index is 2.03. The molecule has 0 bridgehead atoms. The Kier molecular flexibility index (Phi) is 7.64. The number of hydrogen-bond donors (Lipinski definition) is 3. The number of benzene rings is 2. The van der Waals surface area contributed by atoms with Crippen molar-refractivity contribution in [1.29, 1.82) is 0 Å². The van der Waals surface area contributed by atoms with Gasteiger partial charge in [0.15, 0.2) is 0 Å². The largest absolute Gasteiger partial charge is 0.506 e. The van der Waals surface area contributed by atoms with E-state index in [9.17, 15) is 15.0 Å². The van der Waals surface area contributed by atoms with E-state index in [4.69, 9.17) is 4.74 Å². The first-order valence-electron chi connectivity index (χ1n) is 9.06. The number of ether oxygens (including phenoxy) is 1. The van der Waals surface area contributed by atoms with Crippen molar-refractivity contribution in [2.75, 3.05) is 25.5 Å². The third-order valence-corrected chi connectivity index (χ3v) is 4.75. The molecule has 0 aliphatic heterocycles. The van der Waals surface area contributed by atoms with Gasteiger partial charge >= 0.3 is 0 Å². The number of likely N-dealkylation sites (N-methyl/N-ethyl adjacent to an activating group) is 1. The first-order chi connectivity index (χ1) is 13.0. The summed E-state index contributed by atoms with van der Waals surface area (Å²) < 4.78 is 5.19. The lowest BCUT2D eigenvalue weighted by molar-refractivity contribution is -0.105. The predicted octanol–water partition coefficient (Wildman–Crippen LogP) is 2.96. The van der Waals surface area contributed by atoms with Gasteiger partial charge in [-0.25, -0.2) is 0 Å². The molecule has 27 heavy (non-hydrogen) atoms. The van der Waals surface area contributed by atoms with Crippen LogP contribution in [0.5, 0.6) is 11.5 Å². The maximum Gasteiger partial charge on any atom is 0.211 e. The molecule has 0 saturated carbocycles. The van der Waals surface area contributed by atoms with E-state index >= 15 is 0 Å². The van der Waals surface area contributed by atoms with E-state index in [-0.39, 0.29) is 17.5 Å². The van der Waals surface area contributed by atoms with Crippen molar-refractivity contribution in [3.05, 3.63) is 53.6 Å². The van der Waals surface area contributed by atoms with E-state index in [1.54, 1.807) is 19.2 Å². The van der Waals surface area contributed by atoms with Crippen molar-refractivity contribution in [1.82, 2.24) is 4.90 Å². The van der Waals surface area contributed by atoms with E-state index in [1.807, 2.05) is 12.1 Å². The van der Waals surface area contributed by atoms with Crippen LogP contribution in [0.2, 0.25) is 0 Å². The van der Waals surface area contributed by atoms with Gasteiger partial charge < -0.3 is 20.3 Å². The number of aliphatic hydroxyl groups excluding tert-OH is 1. The summed E-state index contributed by atoms with van der Waals surface area (Å²) in [5.41, 5.74) is 2.14. The first kappa shape index (κ1) is 20.7. The average molecular weight is 372 g/mol. The third kappa shape index (κ3) is 5.70. The third-order valence-electron chi connectivity index (χ3n) is 4.75. The molecule has 0 radical (unpaired) electrons. The Bertz CT molecular complexity index is 733. The zero-order valence-electron chi connectivity index (χ0n) is 16.1. The summed E-state index contributed by atoms with van der Waals surface area (Å²) in [6.45, 7) is 5.45. The Morgan fingerprint density at radius 2 is 1.93 bits per heavy atom. The van der Waals surface area contributed by atoms with E-state index in [2.05, 4.69) is 36.2 Å². The van der Waals surface area contributed by atoms with Crippen LogP contribution in [0.4, 0.5) is 5.69 Å². The van der Waals surface area contributed by atoms with Gasteiger partial charge in [0.1, 0.15) is 11.5 Å². The van der Waals surface area contributed by atoms with Gasteiger partial charge in [-0.05, 0) is 55.3 Å². The quantitative estimate of drug-likeness (QED) is 0.441. The van der Waals surface area contributed by atoms with Gasteiger partial charge in [0.25, 0.3) is 0 Å². The maximum atomic E-state index is 10.6. The van der Waals surface area contributed by atoms with Gasteiger partial charge in [0.05, 0.1) is 18.9 Å². The number of aliphatic hydroxyl groups is 1. The standard InChI is InChI=1S/C21H28N2O4/c1-4-23(15(2)11-16-5-8-18(27-3)9-6-16)13-21(26)17-7-10-20(25)19(12-17)22-14-24/h5-10,12,14-15,21,25-26H,4,11,13H2,1-3H3,(H,22,24)/t15-,21+/m1/s1. The Morgan fingerprint density at radius 3 is 2.52 bits per heavy atom. The van der Waals surface area contributed by atoms with Gasteiger partial charge in [0.2, 0.25) is 6.41 Å². The number of amides is 1. The molecular formula is C21H28N2O4. The summed E-state index contributed by atoms with van der Waals surface area (Å²) in [6, 6.07) is 13.0. The van der Waals surface area contributed by atoms with Crippen LogP contribution in [0.3, 0.4) is 0 Å². The normalized spacial score (nSPS) is 13.2. The van der Waals surface area contributed by atoms with Crippen molar-refractivity contribution in [3.63, 3.8) is 0 Å². The summed E-state index contributed by atoms with van der Waals surface area (Å²) in [6.07, 6.45) is 0.634. The molecule has 0 heterocycles. The molecule has 0 aliphatic carbocycles. The maximum absolute atomic E-state index is 10.6. The highest BCUT2D eigenvalue weighted by molar-refractivity contribution is 5.75. The monoisotopic (exact) mass is 372 g/mol. The van der Waals surface area contributed by atoms with Crippen LogP contribution in [-0.2, 0) is 11.2 Å². The second-order valence-electron chi connectivity index (χ2n) is 6.54. The molecule has 0 fully saturated rings. The second-order valence-corrected chi connectivity index (χ2v) is 6.54. The molecule has 2 rings (SSSR count). The fraction of sp³-hybridized carbons (Fsp3) is 0.381. The van der Waals surface area contributed by atoms with Gasteiger partial charge in [0, 0.05) is 12.6 Å². The summed E-state index contributed by atoms with van der Waals surface area (Å²) in [7, 11) is 1.65. The molecule has 2 aromatic carbocycles. The van der Waals surface area contributed by atoms with E-state index in [1.165, 1.54) is 11.6 Å². The number of methoxy groups -OCH3 is 1. The summed E-state index contributed by atoms with van der Waals surface area (Å²) in [4.78, 5) is 12.8. The van der Waals surface area contributed by atoms with Crippen molar-refractivity contribution in [3.8, 4) is 11.5 Å². The number of hydrogen-bond acceptors (Lipinski definition) is 5. The molecule has 2 atom stereocenters. The number of carbonyl (C=O) groups is 1. The van der Waals surface area contributed by atoms with Crippen molar-refractivity contribution >= 4 is 12.1 Å². The molecule has 2 aromatic rings. The predicted molar refractivity (Wildman–Crippen MR) is 106 cm³/mol. The van der Waals surface area contributed by atoms with E-state index < -0.39 is 6.10 Å². The lowest BCUT2D eigenvalue weighted by atomic mass is 10.0. The molecule has 0 spiro atoms. The molecule has 1 amide bonds. The topological polar surface area (TPSA) is 82.0 Å². The highest BCUT2D eigenvalue weighted by Gasteiger charge is 2.19. The fourth-order valence-electron chi connectivity index (χ4n) is 3.12. The Morgan fingerprint density at radius 1 is 1.22 bits per heavy atom. The van der Waals surface area contributed by atoms with Gasteiger partial charge in [-0.2, -0.15) is 0 Å². The van der Waals surface area contributed by atoms with Gasteiger partial charge in [-0.15, -0.1) is 0 Å². The van der Waals surface area contributed by atoms with Crippen LogP contribution < -0.4 is 10.1 Å². The van der Waals surface area contributed by atoms with Crippen molar-refractivity contribution < 1.29 is 19.7 Å². The average Bonchev–Trinajstić information content (AvgIpc) is 2.68. The van der Waals surface area contributed by atoms with Crippen LogP contribution in [0.25, 0.3) is 0 Å². The molecule has 0 aliphatic rings. The number of phenols is 1. The smallest absolute Gasteiger partial charge is 0.211 e. The summed E-state index contributed by atoms with van der Waals surface area (Å²) in [5.74, 6) is 0.805. The van der Waals surface area contributed by atoms with Crippen LogP contribution in [0.15, 0.2) is 42.5 Å². The highest BCUT2D eigenvalue weighted by atomic mass is 16.5. The number of phenolic OH excluding ortho intramolecular Hbond substituents is 1. The van der Waals surface area contributed by atoms with Crippen molar-refractivity contribution in [2.24, 2.45) is 0 Å². The van der Waals surface area contributed by atoms with E-state index in [0.29, 0.717) is 18.5 Å². The van der Waals surface area contributed by atoms with Crippen LogP contribution in [-0.4, -0.2) is 47.8 Å². The minimum atomic E-state index is -0.726. The number of rotatable bonds is 10. The number of nitrogens with zero attached hydrogens (tertiary/aromatic N) is 1. The molecule has 0 aromatic heterocycles. The number of nitrogens with one attached hydrogen (secondary N) is 1. The minimum Gasteiger partial charge on any atom is -0.506 e. The van der Waals surface area contributed by atoms with Gasteiger partial charge in [-0.1, -0.05) is 25.1 Å². The minimum absolute atomic E-state index is 0.0294. The molecule has 3 N–H and O–H groups in total. The number of anilines is 1. The second kappa shape index (κ2) is 9.94. The molecule has 0 unspecified atom stereocenters. The van der Waals surface area contributed by atoms with Crippen LogP contribution in [0, 0.1) is 0 Å². The molecule has 0 saturated heterocycles. The Labute approximate surface area is 160 Å². The van der Waals surface area contributed by atoms with Crippen LogP contribution >= 0.6 is 0 Å². The fourth-order valence-corrected chi connectivity index (χ4v) is 3.12. The zero-order valence-corrected chi connectivity index (χ0v) is 16.1. The summed E-state index contributed by atoms with van der Waals surface area (Å²) >= 11 is 0. The highest BCUT2D eigenvalue weighted by Crippen LogP contribution is 2.27. The van der Waals surface area contributed by atoms with Gasteiger partial charge in [-0.3, -0.25) is 9.69 Å². The number of carbonyl (C=O) groups excluding carboxylic acids is 1. The lowest BCUT2D eigenvalue weighted by Crippen LogP contribution is -2.37. The van der Waals surface area contributed by atoms with E-state index in [0.717, 1.165) is 18.7 Å². The first-order valence-corrected chi connectivity index (χ1v) is 9.06. The molecule has 6 heteroatoms. The Hall–Kier alpha value is -2.57. The molecular weight excluding hydrogens is 344 g/mol. The summed E-state index contributed by atoms with van der Waals surface area (Å²) in [5, 5.41) is 22.8.